The lowest BCUT2D eigenvalue weighted by atomic mass is 9.84. The smallest absolute Gasteiger partial charge is 0.369 e. The highest BCUT2D eigenvalue weighted by atomic mass is 19.4. The second-order valence-corrected chi connectivity index (χ2v) is 6.78. The van der Waals surface area contributed by atoms with Crippen molar-refractivity contribution >= 4 is 5.69 Å². The van der Waals surface area contributed by atoms with E-state index < -0.39 is 11.7 Å². The zero-order valence-corrected chi connectivity index (χ0v) is 15.2. The number of rotatable bonds is 4. The average molecular weight is 378 g/mol. The lowest BCUT2D eigenvalue weighted by Gasteiger charge is -2.38. The zero-order chi connectivity index (χ0) is 19.6. The molecule has 0 bridgehead atoms. The van der Waals surface area contributed by atoms with Gasteiger partial charge in [0.2, 0.25) is 0 Å². The standard InChI is InChI=1S/C18H21F3N6/c1-3-27(15-8-7-13(11-22)16(10-15)18(19,20)21)14-6-4-5-12(9-14)17-23-25-26(2)24-17/h7-8,10,12,14H,3-6,9H2,1-2H3. The summed E-state index contributed by atoms with van der Waals surface area (Å²) in [7, 11) is 1.71. The van der Waals surface area contributed by atoms with Crippen LogP contribution in [0.3, 0.4) is 0 Å². The maximum Gasteiger partial charge on any atom is 0.417 e. The molecule has 2 aromatic rings. The number of halogens is 3. The van der Waals surface area contributed by atoms with Gasteiger partial charge in [0.05, 0.1) is 24.2 Å². The van der Waals surface area contributed by atoms with E-state index in [0.29, 0.717) is 18.1 Å². The van der Waals surface area contributed by atoms with Gasteiger partial charge in [0.1, 0.15) is 0 Å². The molecule has 6 nitrogen and oxygen atoms in total. The number of aromatic nitrogens is 4. The van der Waals surface area contributed by atoms with Crippen molar-refractivity contribution in [1.82, 2.24) is 20.2 Å². The van der Waals surface area contributed by atoms with E-state index in [9.17, 15) is 13.2 Å². The first kappa shape index (κ1) is 19.1. The third kappa shape index (κ3) is 4.04. The third-order valence-electron chi connectivity index (χ3n) is 5.08. The summed E-state index contributed by atoms with van der Waals surface area (Å²) in [5.74, 6) is 0.834. The van der Waals surface area contributed by atoms with Crippen molar-refractivity contribution in [2.75, 3.05) is 11.4 Å². The molecule has 1 aromatic heterocycles. The minimum Gasteiger partial charge on any atom is -0.369 e. The van der Waals surface area contributed by atoms with Gasteiger partial charge in [-0.1, -0.05) is 6.42 Å². The maximum absolute atomic E-state index is 13.3. The number of hydrogen-bond donors (Lipinski definition) is 0. The molecule has 2 unspecified atom stereocenters. The molecule has 3 rings (SSSR count). The third-order valence-corrected chi connectivity index (χ3v) is 5.08. The second-order valence-electron chi connectivity index (χ2n) is 6.78. The van der Waals surface area contributed by atoms with E-state index >= 15 is 0 Å². The Balaban J connectivity index is 1.87. The number of tetrazole rings is 1. The maximum atomic E-state index is 13.3. The van der Waals surface area contributed by atoms with Crippen LogP contribution in [-0.4, -0.2) is 32.8 Å². The molecule has 0 radical (unpaired) electrons. The van der Waals surface area contributed by atoms with E-state index in [1.807, 2.05) is 11.8 Å². The van der Waals surface area contributed by atoms with Crippen LogP contribution in [0.2, 0.25) is 0 Å². The molecule has 1 saturated carbocycles. The first-order chi connectivity index (χ1) is 12.8. The predicted molar refractivity (Wildman–Crippen MR) is 93.0 cm³/mol. The first-order valence-corrected chi connectivity index (χ1v) is 8.95. The molecule has 0 aliphatic heterocycles. The highest BCUT2D eigenvalue weighted by Crippen LogP contribution is 2.38. The molecule has 0 amide bonds. The summed E-state index contributed by atoms with van der Waals surface area (Å²) < 4.78 is 39.9. The Morgan fingerprint density at radius 2 is 2.11 bits per heavy atom. The van der Waals surface area contributed by atoms with Crippen LogP contribution in [0.15, 0.2) is 18.2 Å². The van der Waals surface area contributed by atoms with Crippen LogP contribution in [0.5, 0.6) is 0 Å². The fourth-order valence-corrected chi connectivity index (χ4v) is 3.84. The number of alkyl halides is 3. The summed E-state index contributed by atoms with van der Waals surface area (Å²) >= 11 is 0. The quantitative estimate of drug-likeness (QED) is 0.812. The number of benzene rings is 1. The topological polar surface area (TPSA) is 70.6 Å². The van der Waals surface area contributed by atoms with Gasteiger partial charge >= 0.3 is 6.18 Å². The van der Waals surface area contributed by atoms with E-state index in [1.54, 1.807) is 19.2 Å². The second kappa shape index (κ2) is 7.55. The van der Waals surface area contributed by atoms with Crippen molar-refractivity contribution in [3.8, 4) is 6.07 Å². The summed E-state index contributed by atoms with van der Waals surface area (Å²) in [6.07, 6.45) is -1.00. The number of anilines is 1. The molecule has 144 valence electrons. The number of hydrogen-bond acceptors (Lipinski definition) is 5. The van der Waals surface area contributed by atoms with Crippen molar-refractivity contribution < 1.29 is 13.2 Å². The van der Waals surface area contributed by atoms with Gasteiger partial charge in [0.15, 0.2) is 5.82 Å². The molecule has 0 spiro atoms. The Morgan fingerprint density at radius 1 is 1.33 bits per heavy atom. The average Bonchev–Trinajstić information content (AvgIpc) is 3.08. The van der Waals surface area contributed by atoms with E-state index in [2.05, 4.69) is 15.4 Å². The van der Waals surface area contributed by atoms with Gasteiger partial charge in [-0.05, 0) is 49.6 Å². The van der Waals surface area contributed by atoms with Crippen molar-refractivity contribution in [3.63, 3.8) is 0 Å². The Hall–Kier alpha value is -2.63. The molecule has 1 fully saturated rings. The summed E-state index contributed by atoms with van der Waals surface area (Å²) in [4.78, 5) is 3.41. The molecule has 1 aliphatic carbocycles. The Bertz CT molecular complexity index is 838. The summed E-state index contributed by atoms with van der Waals surface area (Å²) in [5, 5.41) is 21.3. The molecular weight excluding hydrogens is 357 g/mol. The Kier molecular flexibility index (Phi) is 5.35. The molecule has 0 saturated heterocycles. The molecule has 1 aromatic carbocycles. The first-order valence-electron chi connectivity index (χ1n) is 8.95. The van der Waals surface area contributed by atoms with Gasteiger partial charge in [-0.3, -0.25) is 0 Å². The van der Waals surface area contributed by atoms with Crippen LogP contribution in [0, 0.1) is 11.3 Å². The molecule has 1 aliphatic rings. The van der Waals surface area contributed by atoms with Crippen molar-refractivity contribution in [3.05, 3.63) is 35.2 Å². The van der Waals surface area contributed by atoms with Gasteiger partial charge in [0.25, 0.3) is 0 Å². The fourth-order valence-electron chi connectivity index (χ4n) is 3.84. The molecule has 0 N–H and O–H groups in total. The zero-order valence-electron chi connectivity index (χ0n) is 15.2. The summed E-state index contributed by atoms with van der Waals surface area (Å²) in [6, 6.07) is 5.67. The van der Waals surface area contributed by atoms with E-state index in [1.165, 1.54) is 10.9 Å². The Morgan fingerprint density at radius 3 is 2.70 bits per heavy atom. The van der Waals surface area contributed by atoms with Crippen LogP contribution in [0.4, 0.5) is 18.9 Å². The van der Waals surface area contributed by atoms with Gasteiger partial charge in [-0.15, -0.1) is 10.2 Å². The monoisotopic (exact) mass is 378 g/mol. The minimum atomic E-state index is -4.56. The summed E-state index contributed by atoms with van der Waals surface area (Å²) in [6.45, 7) is 2.50. The van der Waals surface area contributed by atoms with E-state index in [0.717, 1.165) is 31.7 Å². The molecule has 9 heteroatoms. The fraction of sp³-hybridized carbons (Fsp3) is 0.556. The number of aryl methyl sites for hydroxylation is 1. The van der Waals surface area contributed by atoms with Crippen molar-refractivity contribution in [2.24, 2.45) is 7.05 Å². The number of nitriles is 1. The highest BCUT2D eigenvalue weighted by molar-refractivity contribution is 5.55. The Labute approximate surface area is 155 Å². The molecule has 27 heavy (non-hydrogen) atoms. The lowest BCUT2D eigenvalue weighted by molar-refractivity contribution is -0.137. The largest absolute Gasteiger partial charge is 0.417 e. The highest BCUT2D eigenvalue weighted by Gasteiger charge is 2.35. The summed E-state index contributed by atoms with van der Waals surface area (Å²) in [5.41, 5.74) is -0.752. The van der Waals surface area contributed by atoms with Gasteiger partial charge in [-0.2, -0.15) is 23.2 Å². The predicted octanol–water partition coefficient (Wildman–Crippen LogP) is 3.65. The minimum absolute atomic E-state index is 0.0894. The molecular formula is C18H21F3N6. The van der Waals surface area contributed by atoms with Crippen LogP contribution in [-0.2, 0) is 13.2 Å². The van der Waals surface area contributed by atoms with Crippen LogP contribution in [0.1, 0.15) is 55.5 Å². The SMILES string of the molecule is CCN(c1ccc(C#N)c(C(F)(F)F)c1)C1CCCC(c2nnn(C)n2)C1. The van der Waals surface area contributed by atoms with Gasteiger partial charge < -0.3 is 4.90 Å². The van der Waals surface area contributed by atoms with Crippen LogP contribution in [0.25, 0.3) is 0 Å². The number of nitrogens with zero attached hydrogens (tertiary/aromatic N) is 6. The van der Waals surface area contributed by atoms with Crippen molar-refractivity contribution in [2.45, 2.75) is 50.7 Å². The van der Waals surface area contributed by atoms with Crippen LogP contribution < -0.4 is 4.90 Å². The molecule has 2 atom stereocenters. The van der Waals surface area contributed by atoms with Crippen molar-refractivity contribution in [1.29, 1.82) is 5.26 Å². The van der Waals surface area contributed by atoms with Gasteiger partial charge in [0, 0.05) is 24.2 Å². The lowest BCUT2D eigenvalue weighted by Crippen LogP contribution is -2.38. The van der Waals surface area contributed by atoms with Crippen LogP contribution >= 0.6 is 0 Å². The van der Waals surface area contributed by atoms with Gasteiger partial charge in [-0.25, -0.2) is 0 Å². The normalized spacial score (nSPS) is 20.3. The van der Waals surface area contributed by atoms with E-state index in [-0.39, 0.29) is 17.5 Å². The van der Waals surface area contributed by atoms with E-state index in [4.69, 9.17) is 5.26 Å². The molecule has 1 heterocycles.